The molecule has 0 bridgehead atoms. The van der Waals surface area contributed by atoms with Gasteiger partial charge in [-0.2, -0.15) is 4.89 Å². The van der Waals surface area contributed by atoms with E-state index in [9.17, 15) is 4.79 Å². The molecule has 2 heterocycles. The number of fused-ring (bicyclic) bond motifs is 1. The van der Waals surface area contributed by atoms with Crippen molar-refractivity contribution in [3.8, 4) is 5.75 Å². The van der Waals surface area contributed by atoms with Gasteiger partial charge in [-0.25, -0.2) is 0 Å². The van der Waals surface area contributed by atoms with E-state index in [0.717, 1.165) is 24.3 Å². The topological polar surface area (TPSA) is 67.8 Å². The fourth-order valence-corrected chi connectivity index (χ4v) is 2.87. The molecule has 19 heavy (non-hydrogen) atoms. The summed E-state index contributed by atoms with van der Waals surface area (Å²) < 4.78 is 0. The summed E-state index contributed by atoms with van der Waals surface area (Å²) in [4.78, 5) is 21.8. The number of benzene rings is 1. The lowest BCUT2D eigenvalue weighted by Gasteiger charge is -2.27. The average Bonchev–Trinajstić information content (AvgIpc) is 2.87. The molecule has 5 heteroatoms. The molecule has 2 aliphatic rings. The van der Waals surface area contributed by atoms with Crippen LogP contribution in [0.25, 0.3) is 0 Å². The van der Waals surface area contributed by atoms with Crippen LogP contribution in [0.15, 0.2) is 24.3 Å². The number of rotatable bonds is 3. The Morgan fingerprint density at radius 3 is 3.11 bits per heavy atom. The summed E-state index contributed by atoms with van der Waals surface area (Å²) in [5, 5.41) is 12.4. The van der Waals surface area contributed by atoms with E-state index in [1.54, 1.807) is 0 Å². The largest absolute Gasteiger partial charge is 0.481 e. The molecule has 1 saturated heterocycles. The number of carboxylic acids is 1. The number of nitrogens with one attached hydrogen (secondary N) is 1. The van der Waals surface area contributed by atoms with Crippen molar-refractivity contribution in [2.24, 2.45) is 5.92 Å². The molecule has 0 saturated carbocycles. The van der Waals surface area contributed by atoms with Gasteiger partial charge in [0.25, 0.3) is 0 Å². The lowest BCUT2D eigenvalue weighted by atomic mass is 9.93. The minimum atomic E-state index is -0.730. The van der Waals surface area contributed by atoms with E-state index in [-0.39, 0.29) is 18.1 Å². The Hall–Kier alpha value is -1.59. The smallest absolute Gasteiger partial charge is 0.308 e. The van der Waals surface area contributed by atoms with E-state index < -0.39 is 5.97 Å². The molecule has 0 aromatic heterocycles. The van der Waals surface area contributed by atoms with Crippen molar-refractivity contribution in [3.05, 3.63) is 29.8 Å². The molecule has 2 N–H and O–H groups in total. The van der Waals surface area contributed by atoms with E-state index >= 15 is 0 Å². The predicted octanol–water partition coefficient (Wildman–Crippen LogP) is 1.37. The van der Waals surface area contributed by atoms with Crippen LogP contribution in [0.1, 0.15) is 18.4 Å². The van der Waals surface area contributed by atoms with E-state index in [0.29, 0.717) is 12.8 Å². The normalized spacial score (nSPS) is 29.6. The Kier molecular flexibility index (Phi) is 3.40. The molecule has 0 radical (unpaired) electrons. The number of hydrogen-bond acceptors (Lipinski definition) is 4. The van der Waals surface area contributed by atoms with Crippen LogP contribution in [0.3, 0.4) is 0 Å². The molecule has 1 aromatic carbocycles. The molecule has 1 aromatic rings. The Morgan fingerprint density at radius 1 is 1.42 bits per heavy atom. The van der Waals surface area contributed by atoms with E-state index in [2.05, 4.69) is 5.32 Å². The van der Waals surface area contributed by atoms with Crippen molar-refractivity contribution in [2.75, 3.05) is 6.54 Å². The van der Waals surface area contributed by atoms with E-state index in [1.807, 2.05) is 24.3 Å². The van der Waals surface area contributed by atoms with Gasteiger partial charge in [0.15, 0.2) is 5.75 Å². The molecule has 102 valence electrons. The summed E-state index contributed by atoms with van der Waals surface area (Å²) in [6.07, 6.45) is 2.02. The van der Waals surface area contributed by atoms with E-state index in [1.165, 1.54) is 0 Å². The van der Waals surface area contributed by atoms with Gasteiger partial charge >= 0.3 is 5.97 Å². The van der Waals surface area contributed by atoms with Crippen molar-refractivity contribution in [1.29, 1.82) is 0 Å². The van der Waals surface area contributed by atoms with Gasteiger partial charge in [0.05, 0.1) is 5.92 Å². The van der Waals surface area contributed by atoms with Gasteiger partial charge in [-0.1, -0.05) is 18.2 Å². The number of hydrogen-bond donors (Lipinski definition) is 2. The second kappa shape index (κ2) is 5.19. The van der Waals surface area contributed by atoms with Crippen LogP contribution in [0, 0.1) is 5.92 Å². The zero-order valence-electron chi connectivity index (χ0n) is 10.5. The standard InChI is InChI=1S/C14H17NO4/c16-14(17)11-5-6-15-12(11)8-10-7-9-3-1-2-4-13(9)19-18-10/h1-4,10-12,15H,5-8H2,(H,16,17). The zero-order chi connectivity index (χ0) is 13.2. The number of para-hydroxylation sites is 1. The van der Waals surface area contributed by atoms with Gasteiger partial charge in [0.1, 0.15) is 6.10 Å². The molecule has 3 atom stereocenters. The third-order valence-corrected chi connectivity index (χ3v) is 3.88. The molecule has 1 fully saturated rings. The third-order valence-electron chi connectivity index (χ3n) is 3.88. The monoisotopic (exact) mass is 263 g/mol. The summed E-state index contributed by atoms with van der Waals surface area (Å²) in [6, 6.07) is 7.73. The molecule has 3 rings (SSSR count). The lowest BCUT2D eigenvalue weighted by Crippen LogP contribution is -2.37. The lowest BCUT2D eigenvalue weighted by molar-refractivity contribution is -0.257. The first-order chi connectivity index (χ1) is 9.24. The minimum Gasteiger partial charge on any atom is -0.481 e. The summed E-state index contributed by atoms with van der Waals surface area (Å²) in [6.45, 7) is 0.756. The van der Waals surface area contributed by atoms with Crippen molar-refractivity contribution < 1.29 is 19.7 Å². The Balaban J connectivity index is 1.64. The summed E-state index contributed by atoms with van der Waals surface area (Å²) in [5.41, 5.74) is 1.11. The van der Waals surface area contributed by atoms with Gasteiger partial charge in [-0.05, 0) is 25.5 Å². The first-order valence-corrected chi connectivity index (χ1v) is 6.61. The van der Waals surface area contributed by atoms with Crippen LogP contribution in [0.4, 0.5) is 0 Å². The number of carboxylic acid groups (broad SMARTS) is 1. The molecule has 3 unspecified atom stereocenters. The first kappa shape index (κ1) is 12.4. The quantitative estimate of drug-likeness (QED) is 0.806. The van der Waals surface area contributed by atoms with Gasteiger partial charge in [-0.3, -0.25) is 4.79 Å². The van der Waals surface area contributed by atoms with Crippen LogP contribution < -0.4 is 10.2 Å². The molecule has 0 spiro atoms. The maximum atomic E-state index is 11.1. The summed E-state index contributed by atoms with van der Waals surface area (Å²) >= 11 is 0. The van der Waals surface area contributed by atoms with Crippen molar-refractivity contribution >= 4 is 5.97 Å². The minimum absolute atomic E-state index is 0.0311. The summed E-state index contributed by atoms with van der Waals surface area (Å²) in [7, 11) is 0. The number of aliphatic carboxylic acids is 1. The van der Waals surface area contributed by atoms with Gasteiger partial charge in [-0.15, -0.1) is 0 Å². The maximum absolute atomic E-state index is 11.1. The van der Waals surface area contributed by atoms with Crippen LogP contribution in [-0.2, 0) is 16.1 Å². The highest BCUT2D eigenvalue weighted by molar-refractivity contribution is 5.71. The number of carbonyl (C=O) groups is 1. The molecular weight excluding hydrogens is 246 g/mol. The van der Waals surface area contributed by atoms with Crippen LogP contribution in [0.5, 0.6) is 5.75 Å². The SMILES string of the molecule is O=C(O)C1CCNC1CC1Cc2ccccc2OO1. The molecular formula is C14H17NO4. The van der Waals surface area contributed by atoms with Crippen molar-refractivity contribution in [1.82, 2.24) is 5.32 Å². The Morgan fingerprint density at radius 2 is 2.26 bits per heavy atom. The maximum Gasteiger partial charge on any atom is 0.308 e. The van der Waals surface area contributed by atoms with Crippen LogP contribution in [0.2, 0.25) is 0 Å². The highest BCUT2D eigenvalue weighted by Gasteiger charge is 2.35. The fourth-order valence-electron chi connectivity index (χ4n) is 2.87. The molecule has 5 nitrogen and oxygen atoms in total. The first-order valence-electron chi connectivity index (χ1n) is 6.61. The molecule has 0 aliphatic carbocycles. The van der Waals surface area contributed by atoms with Gasteiger partial charge < -0.3 is 15.3 Å². The van der Waals surface area contributed by atoms with E-state index in [4.69, 9.17) is 14.9 Å². The van der Waals surface area contributed by atoms with Crippen molar-refractivity contribution in [2.45, 2.75) is 31.4 Å². The molecule has 0 amide bonds. The second-order valence-corrected chi connectivity index (χ2v) is 5.14. The average molecular weight is 263 g/mol. The Bertz CT molecular complexity index is 476. The summed E-state index contributed by atoms with van der Waals surface area (Å²) in [5.74, 6) is -0.291. The molecule has 2 aliphatic heterocycles. The predicted molar refractivity (Wildman–Crippen MR) is 67.8 cm³/mol. The fraction of sp³-hybridized carbons (Fsp3) is 0.500. The van der Waals surface area contributed by atoms with Crippen LogP contribution >= 0.6 is 0 Å². The second-order valence-electron chi connectivity index (χ2n) is 5.14. The highest BCUT2D eigenvalue weighted by atomic mass is 17.2. The third kappa shape index (κ3) is 2.57. The Labute approximate surface area is 111 Å². The van der Waals surface area contributed by atoms with Gasteiger partial charge in [0.2, 0.25) is 0 Å². The van der Waals surface area contributed by atoms with Crippen molar-refractivity contribution in [3.63, 3.8) is 0 Å². The zero-order valence-corrected chi connectivity index (χ0v) is 10.5. The highest BCUT2D eigenvalue weighted by Crippen LogP contribution is 2.29. The van der Waals surface area contributed by atoms with Gasteiger partial charge in [0, 0.05) is 18.0 Å². The van der Waals surface area contributed by atoms with Crippen LogP contribution in [-0.4, -0.2) is 29.8 Å².